The highest BCUT2D eigenvalue weighted by atomic mass is 16.6. The third-order valence-electron chi connectivity index (χ3n) is 1.95. The zero-order valence-electron chi connectivity index (χ0n) is 8.84. The highest BCUT2D eigenvalue weighted by Crippen LogP contribution is 2.04. The molecule has 1 atom stereocenters. The van der Waals surface area contributed by atoms with Gasteiger partial charge in [0.1, 0.15) is 0 Å². The van der Waals surface area contributed by atoms with Crippen LogP contribution in [0.4, 0.5) is 0 Å². The highest BCUT2D eigenvalue weighted by Gasteiger charge is 2.13. The Kier molecular flexibility index (Phi) is 4.57. The van der Waals surface area contributed by atoms with Crippen molar-refractivity contribution in [2.45, 2.75) is 6.10 Å². The minimum Gasteiger partial charge on any atom is -0.467 e. The van der Waals surface area contributed by atoms with Gasteiger partial charge < -0.3 is 9.47 Å². The molecule has 15 heavy (non-hydrogen) atoms. The molecule has 0 fully saturated rings. The molecule has 80 valence electrons. The van der Waals surface area contributed by atoms with Crippen LogP contribution >= 0.6 is 0 Å². The molecule has 0 saturated carbocycles. The molecule has 0 N–H and O–H groups in total. The minimum absolute atomic E-state index is 0.398. The number of ether oxygens (including phenoxy) is 2. The predicted octanol–water partition coefficient (Wildman–Crippen LogP) is 1.89. The van der Waals surface area contributed by atoms with E-state index in [0.717, 1.165) is 5.56 Å². The number of hydrogen-bond acceptors (Lipinski definition) is 3. The number of esters is 1. The number of methoxy groups -OCH3 is 2. The summed E-state index contributed by atoms with van der Waals surface area (Å²) in [6, 6.07) is 9.69. The third-order valence-corrected chi connectivity index (χ3v) is 1.95. The molecule has 1 rings (SSSR count). The first kappa shape index (κ1) is 11.5. The molecular weight excluding hydrogens is 192 g/mol. The molecule has 0 amide bonds. The van der Waals surface area contributed by atoms with Crippen LogP contribution in [-0.4, -0.2) is 26.3 Å². The lowest BCUT2D eigenvalue weighted by molar-refractivity contribution is -0.149. The summed E-state index contributed by atoms with van der Waals surface area (Å²) in [6.45, 7) is 0. The van der Waals surface area contributed by atoms with Gasteiger partial charge in [-0.1, -0.05) is 36.4 Å². The van der Waals surface area contributed by atoms with Crippen molar-refractivity contribution < 1.29 is 14.3 Å². The maximum absolute atomic E-state index is 11.2. The van der Waals surface area contributed by atoms with E-state index in [1.807, 2.05) is 36.4 Å². The molecule has 0 aliphatic rings. The predicted molar refractivity (Wildman–Crippen MR) is 58.3 cm³/mol. The van der Waals surface area contributed by atoms with Crippen molar-refractivity contribution in [3.8, 4) is 0 Å². The molecule has 0 radical (unpaired) electrons. The van der Waals surface area contributed by atoms with Crippen molar-refractivity contribution in [2.24, 2.45) is 0 Å². The summed E-state index contributed by atoms with van der Waals surface area (Å²) in [5, 5.41) is 0. The summed E-state index contributed by atoms with van der Waals surface area (Å²) in [6.07, 6.45) is 2.85. The lowest BCUT2D eigenvalue weighted by Crippen LogP contribution is -2.21. The van der Waals surface area contributed by atoms with Gasteiger partial charge in [0.25, 0.3) is 0 Å². The molecule has 0 bridgehead atoms. The van der Waals surface area contributed by atoms with Crippen molar-refractivity contribution in [2.75, 3.05) is 14.2 Å². The van der Waals surface area contributed by atoms with Gasteiger partial charge in [0.05, 0.1) is 7.11 Å². The van der Waals surface area contributed by atoms with Crippen molar-refractivity contribution in [1.29, 1.82) is 0 Å². The summed E-state index contributed by atoms with van der Waals surface area (Å²) in [4.78, 5) is 11.2. The van der Waals surface area contributed by atoms with Crippen molar-refractivity contribution in [3.05, 3.63) is 42.0 Å². The number of carbonyl (C=O) groups excluding carboxylic acids is 1. The van der Waals surface area contributed by atoms with Gasteiger partial charge >= 0.3 is 5.97 Å². The van der Waals surface area contributed by atoms with Gasteiger partial charge in [-0.15, -0.1) is 0 Å². The molecule has 1 aromatic rings. The van der Waals surface area contributed by atoms with Crippen LogP contribution in [0.2, 0.25) is 0 Å². The van der Waals surface area contributed by atoms with Gasteiger partial charge in [-0.3, -0.25) is 0 Å². The maximum atomic E-state index is 11.2. The van der Waals surface area contributed by atoms with Crippen LogP contribution in [0.15, 0.2) is 36.4 Å². The van der Waals surface area contributed by atoms with E-state index in [0.29, 0.717) is 0 Å². The van der Waals surface area contributed by atoms with Crippen molar-refractivity contribution in [3.63, 3.8) is 0 Å². The van der Waals surface area contributed by atoms with Crippen LogP contribution in [0.1, 0.15) is 5.56 Å². The third kappa shape index (κ3) is 3.56. The molecular formula is C12H14O3. The fourth-order valence-corrected chi connectivity index (χ4v) is 1.13. The summed E-state index contributed by atoms with van der Waals surface area (Å²) in [5.74, 6) is -0.398. The Hall–Kier alpha value is -1.61. The fraction of sp³-hybridized carbons (Fsp3) is 0.250. The van der Waals surface area contributed by atoms with E-state index < -0.39 is 12.1 Å². The summed E-state index contributed by atoms with van der Waals surface area (Å²) < 4.78 is 9.54. The molecule has 0 spiro atoms. The second kappa shape index (κ2) is 5.98. The Balaban J connectivity index is 2.67. The van der Waals surface area contributed by atoms with Gasteiger partial charge in [-0.25, -0.2) is 4.79 Å². The molecule has 3 heteroatoms. The lowest BCUT2D eigenvalue weighted by atomic mass is 10.2. The van der Waals surface area contributed by atoms with Crippen LogP contribution in [-0.2, 0) is 14.3 Å². The second-order valence-corrected chi connectivity index (χ2v) is 2.95. The molecule has 0 saturated heterocycles. The van der Waals surface area contributed by atoms with Gasteiger partial charge in [0.2, 0.25) is 0 Å². The molecule has 3 nitrogen and oxygen atoms in total. The monoisotopic (exact) mass is 206 g/mol. The Bertz CT molecular complexity index is 330. The van der Waals surface area contributed by atoms with Crippen molar-refractivity contribution >= 4 is 12.0 Å². The largest absolute Gasteiger partial charge is 0.467 e. The van der Waals surface area contributed by atoms with Gasteiger partial charge in [-0.05, 0) is 11.6 Å². The summed E-state index contributed by atoms with van der Waals surface area (Å²) >= 11 is 0. The van der Waals surface area contributed by atoms with E-state index in [4.69, 9.17) is 4.74 Å². The minimum atomic E-state index is -0.643. The van der Waals surface area contributed by atoms with Crippen LogP contribution in [0.5, 0.6) is 0 Å². The number of rotatable bonds is 4. The van der Waals surface area contributed by atoms with Crippen LogP contribution in [0.25, 0.3) is 6.08 Å². The van der Waals surface area contributed by atoms with E-state index in [1.54, 1.807) is 6.08 Å². The number of carbonyl (C=O) groups is 1. The molecule has 1 aromatic carbocycles. The molecule has 0 aromatic heterocycles. The van der Waals surface area contributed by atoms with Gasteiger partial charge in [0, 0.05) is 7.11 Å². The average Bonchev–Trinajstić information content (AvgIpc) is 2.31. The Morgan fingerprint density at radius 2 is 1.93 bits per heavy atom. The normalized spacial score (nSPS) is 12.7. The maximum Gasteiger partial charge on any atom is 0.339 e. The molecule has 0 aliphatic carbocycles. The molecule has 0 heterocycles. The van der Waals surface area contributed by atoms with E-state index >= 15 is 0 Å². The Labute approximate surface area is 89.3 Å². The topological polar surface area (TPSA) is 35.5 Å². The highest BCUT2D eigenvalue weighted by molar-refractivity contribution is 5.78. The smallest absolute Gasteiger partial charge is 0.339 e. The van der Waals surface area contributed by atoms with Crippen molar-refractivity contribution in [1.82, 2.24) is 0 Å². The zero-order valence-corrected chi connectivity index (χ0v) is 8.84. The van der Waals surface area contributed by atoms with Gasteiger partial charge in [0.15, 0.2) is 6.10 Å². The number of benzene rings is 1. The van der Waals surface area contributed by atoms with E-state index in [1.165, 1.54) is 14.2 Å². The average molecular weight is 206 g/mol. The van der Waals surface area contributed by atoms with E-state index in [2.05, 4.69) is 4.74 Å². The van der Waals surface area contributed by atoms with E-state index in [9.17, 15) is 4.79 Å². The lowest BCUT2D eigenvalue weighted by Gasteiger charge is -2.07. The molecule has 1 unspecified atom stereocenters. The fourth-order valence-electron chi connectivity index (χ4n) is 1.13. The summed E-state index contributed by atoms with van der Waals surface area (Å²) in [5.41, 5.74) is 1.02. The zero-order chi connectivity index (χ0) is 11.1. The van der Waals surface area contributed by atoms with Gasteiger partial charge in [-0.2, -0.15) is 0 Å². The summed E-state index contributed by atoms with van der Waals surface area (Å²) in [7, 11) is 2.81. The first-order valence-electron chi connectivity index (χ1n) is 4.62. The van der Waals surface area contributed by atoms with Crippen LogP contribution in [0.3, 0.4) is 0 Å². The Morgan fingerprint density at radius 3 is 2.47 bits per heavy atom. The number of hydrogen-bond donors (Lipinski definition) is 0. The first-order chi connectivity index (χ1) is 7.27. The molecule has 0 aliphatic heterocycles. The van der Waals surface area contributed by atoms with E-state index in [-0.39, 0.29) is 0 Å². The van der Waals surface area contributed by atoms with Crippen LogP contribution < -0.4 is 0 Å². The first-order valence-corrected chi connectivity index (χ1v) is 4.62. The standard InChI is InChI=1S/C12H14O3/c1-14-11(12(13)15-2)9-8-10-6-4-3-5-7-10/h3-9,11H,1-2H3. The van der Waals surface area contributed by atoms with Crippen LogP contribution in [0, 0.1) is 0 Å². The SMILES string of the molecule is COC(=O)C(C=Cc1ccccc1)OC. The quantitative estimate of drug-likeness (QED) is 0.706. The second-order valence-electron chi connectivity index (χ2n) is 2.95. The Morgan fingerprint density at radius 1 is 1.27 bits per heavy atom.